The molecule has 0 aromatic rings. The van der Waals surface area contributed by atoms with Crippen LogP contribution in [-0.2, 0) is 9.47 Å². The summed E-state index contributed by atoms with van der Waals surface area (Å²) < 4.78 is 10.1. The Labute approximate surface area is 75.6 Å². The van der Waals surface area contributed by atoms with Crippen molar-refractivity contribution in [2.45, 2.75) is 34.0 Å². The van der Waals surface area contributed by atoms with Crippen LogP contribution in [0.15, 0.2) is 11.6 Å². The summed E-state index contributed by atoms with van der Waals surface area (Å²) in [6.07, 6.45) is 1.78. The first-order valence-corrected chi connectivity index (χ1v) is 4.16. The molecule has 2 nitrogen and oxygen atoms in total. The maximum Gasteiger partial charge on any atom is 0.176 e. The normalized spacial score (nSPS) is 14.1. The fourth-order valence-electron chi connectivity index (χ4n) is 0.686. The van der Waals surface area contributed by atoms with E-state index in [0.717, 1.165) is 0 Å². The van der Waals surface area contributed by atoms with Crippen LogP contribution >= 0.6 is 0 Å². The van der Waals surface area contributed by atoms with Crippen LogP contribution in [0.3, 0.4) is 0 Å². The molecule has 0 amide bonds. The van der Waals surface area contributed by atoms with Crippen molar-refractivity contribution in [1.82, 2.24) is 0 Å². The third-order valence-corrected chi connectivity index (χ3v) is 2.03. The number of methoxy groups -OCH3 is 2. The van der Waals surface area contributed by atoms with Gasteiger partial charge in [0.25, 0.3) is 0 Å². The maximum atomic E-state index is 5.07. The van der Waals surface area contributed by atoms with Gasteiger partial charge in [0.1, 0.15) is 0 Å². The monoisotopic (exact) mass is 172 g/mol. The highest BCUT2D eigenvalue weighted by Crippen LogP contribution is 2.24. The molecule has 72 valence electrons. The molecule has 0 rings (SSSR count). The smallest absolute Gasteiger partial charge is 0.176 e. The standard InChI is InChI=1S/C10H20O2/c1-8(10(2,3)4)7-9(11-5)12-6/h7,9H,1-6H3/b8-7+. The Morgan fingerprint density at radius 3 is 1.83 bits per heavy atom. The molecular formula is C10H20O2. The third kappa shape index (κ3) is 3.88. The fourth-order valence-corrected chi connectivity index (χ4v) is 0.686. The van der Waals surface area contributed by atoms with E-state index in [9.17, 15) is 0 Å². The Morgan fingerprint density at radius 1 is 1.17 bits per heavy atom. The molecule has 0 heterocycles. The van der Waals surface area contributed by atoms with Crippen LogP contribution in [0, 0.1) is 5.41 Å². The van der Waals surface area contributed by atoms with Crippen LogP contribution in [0.25, 0.3) is 0 Å². The van der Waals surface area contributed by atoms with Crippen molar-refractivity contribution in [1.29, 1.82) is 0 Å². The summed E-state index contributed by atoms with van der Waals surface area (Å²) in [5, 5.41) is 0. The van der Waals surface area contributed by atoms with Crippen LogP contribution < -0.4 is 0 Å². The zero-order valence-electron chi connectivity index (χ0n) is 8.97. The van der Waals surface area contributed by atoms with Crippen LogP contribution in [0.1, 0.15) is 27.7 Å². The Bertz CT molecular complexity index is 150. The quantitative estimate of drug-likeness (QED) is 0.481. The van der Waals surface area contributed by atoms with Gasteiger partial charge in [-0.05, 0) is 18.4 Å². The average molecular weight is 172 g/mol. The Hall–Kier alpha value is -0.340. The molecule has 0 fully saturated rings. The molecule has 0 saturated carbocycles. The van der Waals surface area contributed by atoms with E-state index in [0.29, 0.717) is 0 Å². The molecule has 0 spiro atoms. The molecule has 0 aliphatic heterocycles. The molecule has 0 aromatic heterocycles. The van der Waals surface area contributed by atoms with Gasteiger partial charge in [0, 0.05) is 14.2 Å². The van der Waals surface area contributed by atoms with Gasteiger partial charge < -0.3 is 9.47 Å². The fraction of sp³-hybridized carbons (Fsp3) is 0.800. The van der Waals surface area contributed by atoms with E-state index in [1.54, 1.807) is 14.2 Å². The van der Waals surface area contributed by atoms with Gasteiger partial charge in [-0.3, -0.25) is 0 Å². The SMILES string of the molecule is COC(/C=C(\C)C(C)(C)C)OC. The summed E-state index contributed by atoms with van der Waals surface area (Å²) in [6.45, 7) is 8.59. The summed E-state index contributed by atoms with van der Waals surface area (Å²) in [4.78, 5) is 0. The summed E-state index contributed by atoms with van der Waals surface area (Å²) in [5.74, 6) is 0. The lowest BCUT2D eigenvalue weighted by Crippen LogP contribution is -2.14. The molecule has 0 aliphatic carbocycles. The van der Waals surface area contributed by atoms with Gasteiger partial charge >= 0.3 is 0 Å². The molecule has 0 bridgehead atoms. The van der Waals surface area contributed by atoms with Gasteiger partial charge in [-0.1, -0.05) is 26.3 Å². The molecule has 0 aromatic carbocycles. The number of rotatable bonds is 3. The molecule has 0 unspecified atom stereocenters. The van der Waals surface area contributed by atoms with E-state index < -0.39 is 0 Å². The Balaban J connectivity index is 4.33. The van der Waals surface area contributed by atoms with E-state index in [-0.39, 0.29) is 11.7 Å². The van der Waals surface area contributed by atoms with Crippen LogP contribution in [0.5, 0.6) is 0 Å². The highest BCUT2D eigenvalue weighted by Gasteiger charge is 2.14. The highest BCUT2D eigenvalue weighted by molar-refractivity contribution is 5.08. The Kier molecular flexibility index (Phi) is 4.50. The molecule has 0 atom stereocenters. The number of hydrogen-bond donors (Lipinski definition) is 0. The zero-order valence-corrected chi connectivity index (χ0v) is 8.97. The second-order valence-electron chi connectivity index (χ2n) is 3.94. The van der Waals surface area contributed by atoms with Gasteiger partial charge in [-0.25, -0.2) is 0 Å². The minimum absolute atomic E-state index is 0.190. The second-order valence-corrected chi connectivity index (χ2v) is 3.94. The Morgan fingerprint density at radius 2 is 1.58 bits per heavy atom. The highest BCUT2D eigenvalue weighted by atomic mass is 16.7. The first-order chi connectivity index (χ1) is 5.41. The number of ether oxygens (including phenoxy) is 2. The first kappa shape index (κ1) is 11.7. The first-order valence-electron chi connectivity index (χ1n) is 4.16. The predicted octanol–water partition coefficient (Wildman–Crippen LogP) is 2.60. The minimum Gasteiger partial charge on any atom is -0.352 e. The lowest BCUT2D eigenvalue weighted by atomic mass is 9.87. The predicted molar refractivity (Wildman–Crippen MR) is 51.0 cm³/mol. The van der Waals surface area contributed by atoms with Crippen molar-refractivity contribution in [3.63, 3.8) is 0 Å². The number of hydrogen-bond acceptors (Lipinski definition) is 2. The largest absolute Gasteiger partial charge is 0.352 e. The van der Waals surface area contributed by atoms with Crippen molar-refractivity contribution >= 4 is 0 Å². The minimum atomic E-state index is -0.218. The van der Waals surface area contributed by atoms with Gasteiger partial charge in [-0.2, -0.15) is 0 Å². The van der Waals surface area contributed by atoms with Crippen molar-refractivity contribution in [3.8, 4) is 0 Å². The molecule has 0 aliphatic rings. The maximum absolute atomic E-state index is 5.07. The lowest BCUT2D eigenvalue weighted by Gasteiger charge is -2.21. The van der Waals surface area contributed by atoms with Crippen molar-refractivity contribution in [2.24, 2.45) is 5.41 Å². The van der Waals surface area contributed by atoms with E-state index in [1.807, 2.05) is 6.08 Å². The zero-order chi connectivity index (χ0) is 9.78. The summed E-state index contributed by atoms with van der Waals surface area (Å²) in [6, 6.07) is 0. The molecule has 0 saturated heterocycles. The van der Waals surface area contributed by atoms with Gasteiger partial charge in [0.05, 0.1) is 0 Å². The van der Waals surface area contributed by atoms with Crippen LogP contribution in [0.4, 0.5) is 0 Å². The summed E-state index contributed by atoms with van der Waals surface area (Å²) in [5.41, 5.74) is 1.46. The van der Waals surface area contributed by atoms with E-state index in [1.165, 1.54) is 5.57 Å². The van der Waals surface area contributed by atoms with Crippen LogP contribution in [0.2, 0.25) is 0 Å². The van der Waals surface area contributed by atoms with Gasteiger partial charge in [0.15, 0.2) is 6.29 Å². The van der Waals surface area contributed by atoms with Gasteiger partial charge in [-0.15, -0.1) is 0 Å². The molecular weight excluding hydrogens is 152 g/mol. The molecule has 0 N–H and O–H groups in total. The van der Waals surface area contributed by atoms with Crippen molar-refractivity contribution < 1.29 is 9.47 Å². The van der Waals surface area contributed by atoms with Crippen LogP contribution in [-0.4, -0.2) is 20.5 Å². The molecule has 2 heteroatoms. The van der Waals surface area contributed by atoms with Crippen molar-refractivity contribution in [2.75, 3.05) is 14.2 Å². The van der Waals surface area contributed by atoms with Crippen molar-refractivity contribution in [3.05, 3.63) is 11.6 Å². The second kappa shape index (κ2) is 4.63. The molecule has 0 radical (unpaired) electrons. The number of allylic oxidation sites excluding steroid dienone is 1. The summed E-state index contributed by atoms with van der Waals surface area (Å²) >= 11 is 0. The molecule has 12 heavy (non-hydrogen) atoms. The lowest BCUT2D eigenvalue weighted by molar-refractivity contribution is -0.0675. The third-order valence-electron chi connectivity index (χ3n) is 2.03. The van der Waals surface area contributed by atoms with E-state index in [2.05, 4.69) is 27.7 Å². The van der Waals surface area contributed by atoms with E-state index >= 15 is 0 Å². The van der Waals surface area contributed by atoms with Gasteiger partial charge in [0.2, 0.25) is 0 Å². The van der Waals surface area contributed by atoms with E-state index in [4.69, 9.17) is 9.47 Å². The average Bonchev–Trinajstić information content (AvgIpc) is 1.97. The summed E-state index contributed by atoms with van der Waals surface area (Å²) in [7, 11) is 3.28. The topological polar surface area (TPSA) is 18.5 Å².